The first kappa shape index (κ1) is 10.6. The van der Waals surface area contributed by atoms with E-state index in [1.165, 1.54) is 0 Å². The molecule has 1 rings (SSSR count). The van der Waals surface area contributed by atoms with Gasteiger partial charge in [-0.2, -0.15) is 0 Å². The van der Waals surface area contributed by atoms with Gasteiger partial charge in [0.25, 0.3) is 0 Å². The molecule has 65 valence electrons. The van der Waals surface area contributed by atoms with Gasteiger partial charge in [0.2, 0.25) is 0 Å². The van der Waals surface area contributed by atoms with E-state index < -0.39 is 3.24 Å². The van der Waals surface area contributed by atoms with Crippen LogP contribution in [0.1, 0.15) is 13.8 Å². The van der Waals surface area contributed by atoms with Crippen molar-refractivity contribution >= 4 is 55.1 Å². The summed E-state index contributed by atoms with van der Waals surface area (Å²) in [6.07, 6.45) is 2.23. The van der Waals surface area contributed by atoms with Gasteiger partial charge in [0.1, 0.15) is 0 Å². The van der Waals surface area contributed by atoms with Gasteiger partial charge in [0.05, 0.1) is 4.83 Å². The summed E-state index contributed by atoms with van der Waals surface area (Å²) in [6.45, 7) is 4.33. The summed E-state index contributed by atoms with van der Waals surface area (Å²) < 4.78 is -0.859. The van der Waals surface area contributed by atoms with Crippen molar-refractivity contribution in [1.29, 1.82) is 0 Å². The molecule has 2 atom stereocenters. The zero-order chi connectivity index (χ0) is 8.86. The predicted octanol–water partition coefficient (Wildman–Crippen LogP) is 4.14. The van der Waals surface area contributed by atoms with Gasteiger partial charge in [0.15, 0.2) is 3.24 Å². The Morgan fingerprint density at radius 2 is 1.91 bits per heavy atom. The molecule has 0 aromatic heterocycles. The van der Waals surface area contributed by atoms with Crippen molar-refractivity contribution in [2.75, 3.05) is 0 Å². The molecule has 1 saturated carbocycles. The average Bonchev–Trinajstić information content (AvgIpc) is 2.36. The Morgan fingerprint density at radius 1 is 1.55 bits per heavy atom. The first-order valence-corrected chi connectivity index (χ1v) is 5.78. The van der Waals surface area contributed by atoms with Crippen LogP contribution in [0, 0.1) is 17.8 Å². The SMILES string of the molecule is CC1(C)[CH]C1C(Br)C(Cl)(Cl)Br. The summed E-state index contributed by atoms with van der Waals surface area (Å²) in [6, 6.07) is 0. The van der Waals surface area contributed by atoms with Crippen molar-refractivity contribution in [1.82, 2.24) is 0 Å². The first-order valence-electron chi connectivity index (χ1n) is 3.32. The van der Waals surface area contributed by atoms with Gasteiger partial charge in [-0.25, -0.2) is 0 Å². The molecule has 0 spiro atoms. The van der Waals surface area contributed by atoms with Gasteiger partial charge in [-0.15, -0.1) is 0 Å². The zero-order valence-electron chi connectivity index (χ0n) is 6.24. The van der Waals surface area contributed by atoms with Crippen LogP contribution in [0.5, 0.6) is 0 Å². The molecule has 0 saturated heterocycles. The monoisotopic (exact) mass is 321 g/mol. The fourth-order valence-electron chi connectivity index (χ4n) is 1.08. The molecule has 1 radical (unpaired) electrons. The second kappa shape index (κ2) is 3.04. The molecule has 0 nitrogen and oxygen atoms in total. The maximum Gasteiger partial charge on any atom is 0.184 e. The molecule has 0 aromatic carbocycles. The summed E-state index contributed by atoms with van der Waals surface area (Å²) in [4.78, 5) is 0.0772. The Kier molecular flexibility index (Phi) is 2.93. The summed E-state index contributed by atoms with van der Waals surface area (Å²) in [5.74, 6) is 0.455. The van der Waals surface area contributed by atoms with Crippen LogP contribution in [0.2, 0.25) is 0 Å². The minimum Gasteiger partial charge on any atom is -0.0875 e. The largest absolute Gasteiger partial charge is 0.184 e. The van der Waals surface area contributed by atoms with E-state index in [2.05, 4.69) is 52.1 Å². The number of alkyl halides is 4. The van der Waals surface area contributed by atoms with Crippen LogP contribution in [-0.2, 0) is 0 Å². The highest BCUT2D eigenvalue weighted by Crippen LogP contribution is 2.59. The molecule has 0 amide bonds. The average molecular weight is 324 g/mol. The topological polar surface area (TPSA) is 0 Å². The van der Waals surface area contributed by atoms with Crippen LogP contribution in [-0.4, -0.2) is 8.07 Å². The van der Waals surface area contributed by atoms with Crippen molar-refractivity contribution in [2.45, 2.75) is 21.9 Å². The third-order valence-corrected chi connectivity index (χ3v) is 5.35. The van der Waals surface area contributed by atoms with Crippen LogP contribution < -0.4 is 0 Å². The summed E-state index contributed by atoms with van der Waals surface area (Å²) in [5.41, 5.74) is 0.275. The molecule has 11 heavy (non-hydrogen) atoms. The van der Waals surface area contributed by atoms with E-state index in [0.717, 1.165) is 0 Å². The van der Waals surface area contributed by atoms with Crippen molar-refractivity contribution in [3.8, 4) is 0 Å². The fraction of sp³-hybridized carbons (Fsp3) is 0.857. The quantitative estimate of drug-likeness (QED) is 0.670. The Labute approximate surface area is 94.3 Å². The van der Waals surface area contributed by atoms with Gasteiger partial charge >= 0.3 is 0 Å². The van der Waals surface area contributed by atoms with Gasteiger partial charge in [-0.1, -0.05) is 53.0 Å². The molecule has 0 aliphatic heterocycles. The molecule has 0 bridgehead atoms. The van der Waals surface area contributed by atoms with Crippen LogP contribution in [0.4, 0.5) is 0 Å². The highest BCUT2D eigenvalue weighted by Gasteiger charge is 2.54. The van der Waals surface area contributed by atoms with E-state index in [4.69, 9.17) is 23.2 Å². The second-order valence-corrected chi connectivity index (χ2v) is 7.99. The van der Waals surface area contributed by atoms with E-state index in [0.29, 0.717) is 5.92 Å². The normalized spacial score (nSPS) is 31.6. The van der Waals surface area contributed by atoms with Gasteiger partial charge in [0, 0.05) is 0 Å². The van der Waals surface area contributed by atoms with E-state index >= 15 is 0 Å². The minimum absolute atomic E-state index is 0.0772. The number of halogens is 4. The molecule has 1 aliphatic carbocycles. The van der Waals surface area contributed by atoms with Crippen molar-refractivity contribution in [3.05, 3.63) is 6.42 Å². The Balaban J connectivity index is 2.52. The predicted molar refractivity (Wildman–Crippen MR) is 57.7 cm³/mol. The van der Waals surface area contributed by atoms with Crippen molar-refractivity contribution < 1.29 is 0 Å². The molecular weight excluding hydrogens is 315 g/mol. The van der Waals surface area contributed by atoms with Crippen LogP contribution in [0.3, 0.4) is 0 Å². The van der Waals surface area contributed by atoms with Crippen molar-refractivity contribution in [2.24, 2.45) is 11.3 Å². The van der Waals surface area contributed by atoms with E-state index in [1.54, 1.807) is 0 Å². The van der Waals surface area contributed by atoms with Crippen LogP contribution >= 0.6 is 55.1 Å². The van der Waals surface area contributed by atoms with E-state index in [-0.39, 0.29) is 10.2 Å². The first-order chi connectivity index (χ1) is 4.75. The maximum absolute atomic E-state index is 5.86. The smallest absolute Gasteiger partial charge is 0.0875 e. The third kappa shape index (κ3) is 2.49. The van der Waals surface area contributed by atoms with Gasteiger partial charge in [-0.3, -0.25) is 0 Å². The lowest BCUT2D eigenvalue weighted by molar-refractivity contribution is 0.556. The summed E-state index contributed by atoms with van der Waals surface area (Å²) in [5, 5.41) is 0. The Hall–Kier alpha value is 1.54. The lowest BCUT2D eigenvalue weighted by Gasteiger charge is -2.19. The van der Waals surface area contributed by atoms with Crippen molar-refractivity contribution in [3.63, 3.8) is 0 Å². The number of hydrogen-bond acceptors (Lipinski definition) is 0. The zero-order valence-corrected chi connectivity index (χ0v) is 10.9. The third-order valence-electron chi connectivity index (χ3n) is 1.99. The van der Waals surface area contributed by atoms with Gasteiger partial charge in [-0.05, 0) is 33.7 Å². The lowest BCUT2D eigenvalue weighted by atomic mass is 10.1. The molecule has 0 N–H and O–H groups in total. The standard InChI is InChI=1S/C7H9Br2Cl2/c1-6(2)3-4(6)5(8)7(9,10)11/h3-5H,1-2H3. The highest BCUT2D eigenvalue weighted by atomic mass is 79.9. The maximum atomic E-state index is 5.86. The molecule has 2 unspecified atom stereocenters. The summed E-state index contributed by atoms with van der Waals surface area (Å²) in [7, 11) is 0. The Morgan fingerprint density at radius 3 is 2.00 bits per heavy atom. The lowest BCUT2D eigenvalue weighted by Crippen LogP contribution is -2.22. The molecule has 1 aliphatic rings. The number of rotatable bonds is 2. The molecule has 0 heterocycles. The fourth-order valence-corrected chi connectivity index (χ4v) is 2.47. The molecule has 4 heteroatoms. The van der Waals surface area contributed by atoms with E-state index in [1.807, 2.05) is 0 Å². The second-order valence-electron chi connectivity index (χ2n) is 3.46. The van der Waals surface area contributed by atoms with Gasteiger partial charge < -0.3 is 0 Å². The molecule has 1 fully saturated rings. The highest BCUT2D eigenvalue weighted by molar-refractivity contribution is 9.13. The molecular formula is C7H9Br2Cl2. The van der Waals surface area contributed by atoms with Crippen LogP contribution in [0.25, 0.3) is 0 Å². The van der Waals surface area contributed by atoms with E-state index in [9.17, 15) is 0 Å². The minimum atomic E-state index is -0.859. The number of hydrogen-bond donors (Lipinski definition) is 0. The Bertz CT molecular complexity index is 162. The molecule has 0 aromatic rings. The summed E-state index contributed by atoms with van der Waals surface area (Å²) >= 11 is 18.4. The van der Waals surface area contributed by atoms with Crippen LogP contribution in [0.15, 0.2) is 0 Å².